The number of nitrogens with zero attached hydrogens (tertiary/aromatic N) is 4. The van der Waals surface area contributed by atoms with E-state index in [9.17, 15) is 5.11 Å². The summed E-state index contributed by atoms with van der Waals surface area (Å²) in [4.78, 5) is 8.26. The molecule has 0 atom stereocenters. The number of benzene rings is 1. The molecule has 96 valence electrons. The lowest BCUT2D eigenvalue weighted by molar-refractivity contribution is 0.275. The van der Waals surface area contributed by atoms with Crippen LogP contribution >= 0.6 is 0 Å². The summed E-state index contributed by atoms with van der Waals surface area (Å²) in [7, 11) is 1.76. The summed E-state index contributed by atoms with van der Waals surface area (Å²) in [5.74, 6) is 0.397. The van der Waals surface area contributed by atoms with E-state index in [-0.39, 0.29) is 12.6 Å². The van der Waals surface area contributed by atoms with E-state index in [4.69, 9.17) is 4.74 Å². The molecular weight excluding hydrogens is 244 g/mol. The topological polar surface area (TPSA) is 73.1 Å². The van der Waals surface area contributed by atoms with Crippen LogP contribution in [0.25, 0.3) is 10.8 Å². The van der Waals surface area contributed by atoms with Crippen LogP contribution in [0.2, 0.25) is 0 Å². The van der Waals surface area contributed by atoms with Crippen molar-refractivity contribution in [2.24, 2.45) is 7.05 Å². The van der Waals surface area contributed by atoms with Crippen LogP contribution in [0.5, 0.6) is 11.9 Å². The van der Waals surface area contributed by atoms with E-state index >= 15 is 0 Å². The van der Waals surface area contributed by atoms with E-state index in [2.05, 4.69) is 15.1 Å². The highest BCUT2D eigenvalue weighted by atomic mass is 16.5. The zero-order valence-corrected chi connectivity index (χ0v) is 10.3. The minimum atomic E-state index is -0.142. The van der Waals surface area contributed by atoms with E-state index in [1.807, 2.05) is 30.3 Å². The second-order valence-electron chi connectivity index (χ2n) is 4.10. The molecule has 3 rings (SSSR count). The minimum Gasteiger partial charge on any atom is -0.403 e. The fourth-order valence-corrected chi connectivity index (χ4v) is 1.83. The zero-order chi connectivity index (χ0) is 13.2. The number of fused-ring (bicyclic) bond motifs is 1. The number of rotatable bonds is 3. The summed E-state index contributed by atoms with van der Waals surface area (Å²) >= 11 is 0. The molecule has 6 nitrogen and oxygen atoms in total. The summed E-state index contributed by atoms with van der Waals surface area (Å²) < 4.78 is 7.14. The average molecular weight is 256 g/mol. The van der Waals surface area contributed by atoms with Crippen LogP contribution in [0.4, 0.5) is 0 Å². The first-order valence-corrected chi connectivity index (χ1v) is 5.79. The predicted octanol–water partition coefficient (Wildman–Crippen LogP) is 1.65. The molecular formula is C13H12N4O2. The Labute approximate surface area is 109 Å². The Bertz CT molecular complexity index is 723. The molecule has 0 aliphatic rings. The van der Waals surface area contributed by atoms with Gasteiger partial charge in [-0.3, -0.25) is 4.68 Å². The maximum absolute atomic E-state index is 9.24. The molecule has 1 aromatic carbocycles. The summed E-state index contributed by atoms with van der Waals surface area (Å²) in [5, 5.41) is 15.1. The summed E-state index contributed by atoms with van der Waals surface area (Å²) in [6, 6.07) is 9.73. The van der Waals surface area contributed by atoms with Crippen LogP contribution < -0.4 is 4.74 Å². The number of ether oxygens (including phenoxy) is 1. The molecule has 0 amide bonds. The Kier molecular flexibility index (Phi) is 2.85. The van der Waals surface area contributed by atoms with Crippen molar-refractivity contribution in [3.05, 3.63) is 42.4 Å². The van der Waals surface area contributed by atoms with Crippen molar-refractivity contribution in [3.8, 4) is 11.9 Å². The normalized spacial score (nSPS) is 10.8. The lowest BCUT2D eigenvalue weighted by Crippen LogP contribution is -1.96. The molecule has 2 heterocycles. The van der Waals surface area contributed by atoms with Crippen molar-refractivity contribution in [1.29, 1.82) is 0 Å². The zero-order valence-electron chi connectivity index (χ0n) is 10.3. The molecule has 2 aromatic heterocycles. The largest absolute Gasteiger partial charge is 0.403 e. The quantitative estimate of drug-likeness (QED) is 0.771. The Morgan fingerprint density at radius 1 is 1.32 bits per heavy atom. The number of aliphatic hydroxyl groups is 1. The van der Waals surface area contributed by atoms with Crippen molar-refractivity contribution in [2.75, 3.05) is 0 Å². The van der Waals surface area contributed by atoms with Crippen molar-refractivity contribution in [2.45, 2.75) is 6.61 Å². The summed E-state index contributed by atoms with van der Waals surface area (Å²) in [6.07, 6.45) is 1.55. The van der Waals surface area contributed by atoms with E-state index in [0.29, 0.717) is 11.6 Å². The van der Waals surface area contributed by atoms with Gasteiger partial charge in [-0.1, -0.05) is 18.2 Å². The number of hydrogen-bond acceptors (Lipinski definition) is 5. The SMILES string of the molecule is Cn1cnc(Oc2nc(CO)cc3ccccc23)n1. The molecule has 19 heavy (non-hydrogen) atoms. The Morgan fingerprint density at radius 3 is 2.89 bits per heavy atom. The highest BCUT2D eigenvalue weighted by molar-refractivity contribution is 5.87. The number of pyridine rings is 1. The highest BCUT2D eigenvalue weighted by Gasteiger charge is 2.10. The Balaban J connectivity index is 2.10. The minimum absolute atomic E-state index is 0.142. The van der Waals surface area contributed by atoms with Gasteiger partial charge < -0.3 is 9.84 Å². The predicted molar refractivity (Wildman–Crippen MR) is 68.7 cm³/mol. The molecule has 0 unspecified atom stereocenters. The van der Waals surface area contributed by atoms with E-state index in [1.54, 1.807) is 18.1 Å². The van der Waals surface area contributed by atoms with Crippen molar-refractivity contribution in [3.63, 3.8) is 0 Å². The third kappa shape index (κ3) is 2.25. The maximum atomic E-state index is 9.24. The highest BCUT2D eigenvalue weighted by Crippen LogP contribution is 2.27. The summed E-state index contributed by atoms with van der Waals surface area (Å²) in [6.45, 7) is -0.142. The van der Waals surface area contributed by atoms with Crippen molar-refractivity contribution >= 4 is 10.8 Å². The first kappa shape index (κ1) is 11.6. The molecule has 0 aliphatic heterocycles. The van der Waals surface area contributed by atoms with Gasteiger partial charge in [-0.15, -0.1) is 5.10 Å². The van der Waals surface area contributed by atoms with Crippen LogP contribution in [0, 0.1) is 0 Å². The third-order valence-corrected chi connectivity index (χ3v) is 2.69. The van der Waals surface area contributed by atoms with E-state index in [0.717, 1.165) is 10.8 Å². The van der Waals surface area contributed by atoms with Gasteiger partial charge in [0.2, 0.25) is 5.88 Å². The fourth-order valence-electron chi connectivity index (χ4n) is 1.83. The first-order chi connectivity index (χ1) is 9.26. The van der Waals surface area contributed by atoms with Crippen LogP contribution in [0.1, 0.15) is 5.69 Å². The van der Waals surface area contributed by atoms with Crippen molar-refractivity contribution in [1.82, 2.24) is 19.7 Å². The summed E-state index contributed by atoms with van der Waals surface area (Å²) in [5.41, 5.74) is 0.546. The van der Waals surface area contributed by atoms with Gasteiger partial charge in [-0.2, -0.15) is 4.98 Å². The second kappa shape index (κ2) is 4.66. The molecule has 0 saturated carbocycles. The first-order valence-electron chi connectivity index (χ1n) is 5.79. The van der Waals surface area contributed by atoms with Gasteiger partial charge in [-0.25, -0.2) is 4.98 Å². The molecule has 0 spiro atoms. The second-order valence-corrected chi connectivity index (χ2v) is 4.10. The third-order valence-electron chi connectivity index (χ3n) is 2.69. The number of hydrogen-bond donors (Lipinski definition) is 1. The molecule has 0 saturated heterocycles. The van der Waals surface area contributed by atoms with E-state index < -0.39 is 0 Å². The molecule has 0 aliphatic carbocycles. The molecule has 3 aromatic rings. The van der Waals surface area contributed by atoms with Crippen LogP contribution in [0.15, 0.2) is 36.7 Å². The maximum Gasteiger partial charge on any atom is 0.342 e. The number of aromatic nitrogens is 4. The molecule has 0 fully saturated rings. The van der Waals surface area contributed by atoms with Gasteiger partial charge in [0, 0.05) is 12.4 Å². The standard InChI is InChI=1S/C13H12N4O2/c1-17-8-14-13(16-17)19-12-11-5-3-2-4-9(11)6-10(7-18)15-12/h2-6,8,18H,7H2,1H3. The lowest BCUT2D eigenvalue weighted by Gasteiger charge is -2.07. The fraction of sp³-hybridized carbons (Fsp3) is 0.154. The van der Waals surface area contributed by atoms with Crippen LogP contribution in [-0.4, -0.2) is 24.9 Å². The Morgan fingerprint density at radius 2 is 2.16 bits per heavy atom. The van der Waals surface area contributed by atoms with Gasteiger partial charge >= 0.3 is 6.01 Å². The smallest absolute Gasteiger partial charge is 0.342 e. The van der Waals surface area contributed by atoms with Gasteiger partial charge in [-0.05, 0) is 17.5 Å². The monoisotopic (exact) mass is 256 g/mol. The van der Waals surface area contributed by atoms with Gasteiger partial charge in [0.25, 0.3) is 0 Å². The van der Waals surface area contributed by atoms with Crippen molar-refractivity contribution < 1.29 is 9.84 Å². The molecule has 1 N–H and O–H groups in total. The molecule has 0 bridgehead atoms. The van der Waals surface area contributed by atoms with E-state index in [1.165, 1.54) is 0 Å². The lowest BCUT2D eigenvalue weighted by atomic mass is 10.1. The van der Waals surface area contributed by atoms with Crippen LogP contribution in [0.3, 0.4) is 0 Å². The molecule has 6 heteroatoms. The van der Waals surface area contributed by atoms with Gasteiger partial charge in [0.1, 0.15) is 6.33 Å². The number of aliphatic hydroxyl groups excluding tert-OH is 1. The average Bonchev–Trinajstić information content (AvgIpc) is 2.84. The van der Waals surface area contributed by atoms with Gasteiger partial charge in [0.15, 0.2) is 0 Å². The molecule has 0 radical (unpaired) electrons. The number of aryl methyl sites for hydroxylation is 1. The Hall–Kier alpha value is -2.47. The van der Waals surface area contributed by atoms with Crippen LogP contribution in [-0.2, 0) is 13.7 Å². The van der Waals surface area contributed by atoms with Gasteiger partial charge in [0.05, 0.1) is 12.3 Å².